The van der Waals surface area contributed by atoms with Gasteiger partial charge in [-0.25, -0.2) is 9.97 Å². The molecule has 2 N–H and O–H groups in total. The molecule has 0 atom stereocenters. The predicted octanol–water partition coefficient (Wildman–Crippen LogP) is 6.66. The summed E-state index contributed by atoms with van der Waals surface area (Å²) in [5, 5.41) is 6.57. The standard InChI is InChI=1S/C34H36N6O2/c1-23(2)26-9-11-27(12-10-26)34(41)38-30-6-4-5-29(24(30)3)31-22-40-16-15-35-33(40)32(37-31)36-28-13-7-25(8-14-28)21-39-17-19-42-20-18-39/h4-16,22-23H,17-21H2,1-3H3,(H,36,37)(H,38,41). The second kappa shape index (κ2) is 12.1. The molecule has 0 bridgehead atoms. The summed E-state index contributed by atoms with van der Waals surface area (Å²) in [6, 6.07) is 22.1. The molecule has 1 aliphatic heterocycles. The molecule has 1 amide bonds. The number of hydrogen-bond donors (Lipinski definition) is 2. The first-order valence-electron chi connectivity index (χ1n) is 14.5. The van der Waals surface area contributed by atoms with Crippen LogP contribution in [0.3, 0.4) is 0 Å². The molecule has 5 aromatic rings. The van der Waals surface area contributed by atoms with Crippen LogP contribution < -0.4 is 10.6 Å². The van der Waals surface area contributed by atoms with Crippen molar-refractivity contribution in [3.8, 4) is 11.3 Å². The van der Waals surface area contributed by atoms with Gasteiger partial charge in [0.2, 0.25) is 0 Å². The summed E-state index contributed by atoms with van der Waals surface area (Å²) < 4.78 is 7.44. The molecule has 0 aliphatic carbocycles. The van der Waals surface area contributed by atoms with E-state index in [1.165, 1.54) is 11.1 Å². The van der Waals surface area contributed by atoms with Crippen molar-refractivity contribution in [3.05, 3.63) is 108 Å². The van der Waals surface area contributed by atoms with Crippen molar-refractivity contribution in [3.63, 3.8) is 0 Å². The van der Waals surface area contributed by atoms with Gasteiger partial charge in [0.15, 0.2) is 11.5 Å². The number of hydrogen-bond acceptors (Lipinski definition) is 6. The summed E-state index contributed by atoms with van der Waals surface area (Å²) in [5.41, 5.74) is 8.19. The average Bonchev–Trinajstić information content (AvgIpc) is 3.49. The van der Waals surface area contributed by atoms with Gasteiger partial charge in [-0.05, 0) is 59.9 Å². The average molecular weight is 561 g/mol. The monoisotopic (exact) mass is 560 g/mol. The minimum Gasteiger partial charge on any atom is -0.379 e. The maximum absolute atomic E-state index is 13.1. The van der Waals surface area contributed by atoms with E-state index in [0.29, 0.717) is 17.3 Å². The normalized spacial score (nSPS) is 13.9. The molecule has 8 nitrogen and oxygen atoms in total. The highest BCUT2D eigenvalue weighted by molar-refractivity contribution is 6.05. The van der Waals surface area contributed by atoms with Crippen molar-refractivity contribution < 1.29 is 9.53 Å². The van der Waals surface area contributed by atoms with Crippen molar-refractivity contribution >= 4 is 28.7 Å². The van der Waals surface area contributed by atoms with E-state index in [9.17, 15) is 4.79 Å². The van der Waals surface area contributed by atoms with E-state index in [2.05, 4.69) is 58.6 Å². The first kappa shape index (κ1) is 27.6. The second-order valence-electron chi connectivity index (χ2n) is 11.1. The number of fused-ring (bicyclic) bond motifs is 1. The zero-order chi connectivity index (χ0) is 29.1. The lowest BCUT2D eigenvalue weighted by atomic mass is 10.0. The molecule has 1 saturated heterocycles. The highest BCUT2D eigenvalue weighted by Gasteiger charge is 2.16. The smallest absolute Gasteiger partial charge is 0.255 e. The zero-order valence-electron chi connectivity index (χ0n) is 24.3. The lowest BCUT2D eigenvalue weighted by Crippen LogP contribution is -2.35. The summed E-state index contributed by atoms with van der Waals surface area (Å²) in [5.74, 6) is 0.945. The van der Waals surface area contributed by atoms with Gasteiger partial charge in [0, 0.05) is 60.7 Å². The quantitative estimate of drug-likeness (QED) is 0.221. The maximum atomic E-state index is 13.1. The Morgan fingerprint density at radius 3 is 2.50 bits per heavy atom. The summed E-state index contributed by atoms with van der Waals surface area (Å²) >= 11 is 0. The van der Waals surface area contributed by atoms with Crippen LogP contribution in [0.1, 0.15) is 46.8 Å². The maximum Gasteiger partial charge on any atom is 0.255 e. The van der Waals surface area contributed by atoms with Crippen LogP contribution in [0.2, 0.25) is 0 Å². The Bertz CT molecular complexity index is 1690. The summed E-state index contributed by atoms with van der Waals surface area (Å²) in [4.78, 5) is 25.0. The highest BCUT2D eigenvalue weighted by atomic mass is 16.5. The molecule has 214 valence electrons. The van der Waals surface area contributed by atoms with Crippen LogP contribution in [0.15, 0.2) is 85.3 Å². The third kappa shape index (κ3) is 6.05. The first-order valence-corrected chi connectivity index (χ1v) is 14.5. The molecular formula is C34H36N6O2. The molecular weight excluding hydrogens is 524 g/mol. The fourth-order valence-electron chi connectivity index (χ4n) is 5.26. The van der Waals surface area contributed by atoms with Crippen molar-refractivity contribution in [2.24, 2.45) is 0 Å². The van der Waals surface area contributed by atoms with E-state index in [1.54, 1.807) is 6.20 Å². The Kier molecular flexibility index (Phi) is 7.99. The third-order valence-corrected chi connectivity index (χ3v) is 7.80. The fourth-order valence-corrected chi connectivity index (χ4v) is 5.26. The Labute approximate surface area is 246 Å². The number of imidazole rings is 1. The van der Waals surface area contributed by atoms with Gasteiger partial charge in [0.1, 0.15) is 0 Å². The van der Waals surface area contributed by atoms with Gasteiger partial charge in [-0.15, -0.1) is 0 Å². The molecule has 6 rings (SSSR count). The number of nitrogens with zero attached hydrogens (tertiary/aromatic N) is 4. The lowest BCUT2D eigenvalue weighted by Gasteiger charge is -2.26. The Balaban J connectivity index is 1.23. The third-order valence-electron chi connectivity index (χ3n) is 7.80. The Morgan fingerprint density at radius 1 is 1.00 bits per heavy atom. The van der Waals surface area contributed by atoms with E-state index in [0.717, 1.165) is 66.7 Å². The van der Waals surface area contributed by atoms with Gasteiger partial charge in [-0.3, -0.25) is 9.69 Å². The Hall–Kier alpha value is -4.53. The number of anilines is 3. The molecule has 3 aromatic carbocycles. The van der Waals surface area contributed by atoms with Gasteiger partial charge in [-0.1, -0.05) is 50.2 Å². The molecule has 42 heavy (non-hydrogen) atoms. The lowest BCUT2D eigenvalue weighted by molar-refractivity contribution is 0.0342. The predicted molar refractivity (Wildman–Crippen MR) is 167 cm³/mol. The molecule has 0 saturated carbocycles. The van der Waals surface area contributed by atoms with Crippen LogP contribution >= 0.6 is 0 Å². The number of nitrogens with one attached hydrogen (secondary N) is 2. The fraction of sp³-hybridized carbons (Fsp3) is 0.265. The molecule has 0 radical (unpaired) electrons. The minimum absolute atomic E-state index is 0.136. The molecule has 2 aromatic heterocycles. The number of ether oxygens (including phenoxy) is 1. The Morgan fingerprint density at radius 2 is 1.76 bits per heavy atom. The minimum atomic E-state index is -0.136. The van der Waals surface area contributed by atoms with Gasteiger partial charge in [-0.2, -0.15) is 0 Å². The second-order valence-corrected chi connectivity index (χ2v) is 11.1. The molecule has 3 heterocycles. The highest BCUT2D eigenvalue weighted by Crippen LogP contribution is 2.30. The van der Waals surface area contributed by atoms with Crippen molar-refractivity contribution in [2.45, 2.75) is 33.2 Å². The molecule has 1 fully saturated rings. The molecule has 8 heteroatoms. The topological polar surface area (TPSA) is 83.8 Å². The summed E-state index contributed by atoms with van der Waals surface area (Å²) in [7, 11) is 0. The van der Waals surface area contributed by atoms with Gasteiger partial charge in [0.05, 0.1) is 18.9 Å². The van der Waals surface area contributed by atoms with Gasteiger partial charge < -0.3 is 19.8 Å². The summed E-state index contributed by atoms with van der Waals surface area (Å²) in [6.45, 7) is 10.7. The number of rotatable bonds is 8. The molecule has 0 unspecified atom stereocenters. The van der Waals surface area contributed by atoms with E-state index in [4.69, 9.17) is 9.72 Å². The van der Waals surface area contributed by atoms with Gasteiger partial charge >= 0.3 is 0 Å². The number of benzene rings is 3. The summed E-state index contributed by atoms with van der Waals surface area (Å²) in [6.07, 6.45) is 5.65. The van der Waals surface area contributed by atoms with Crippen LogP contribution in [-0.4, -0.2) is 51.5 Å². The van der Waals surface area contributed by atoms with Crippen LogP contribution in [0.25, 0.3) is 16.9 Å². The van der Waals surface area contributed by atoms with Crippen molar-refractivity contribution in [1.29, 1.82) is 0 Å². The largest absolute Gasteiger partial charge is 0.379 e. The van der Waals surface area contributed by atoms with E-state index < -0.39 is 0 Å². The number of aromatic nitrogens is 3. The number of carbonyl (C=O) groups excluding carboxylic acids is 1. The number of morpholine rings is 1. The van der Waals surface area contributed by atoms with Gasteiger partial charge in [0.25, 0.3) is 5.91 Å². The molecule has 0 spiro atoms. The number of carbonyl (C=O) groups is 1. The van der Waals surface area contributed by atoms with E-state index >= 15 is 0 Å². The van der Waals surface area contributed by atoms with Crippen molar-refractivity contribution in [1.82, 2.24) is 19.3 Å². The number of amides is 1. The SMILES string of the molecule is Cc1c(NC(=O)c2ccc(C(C)C)cc2)cccc1-c1cn2ccnc2c(Nc2ccc(CN3CCOCC3)cc2)n1. The van der Waals surface area contributed by atoms with E-state index in [1.807, 2.05) is 66.2 Å². The van der Waals surface area contributed by atoms with Crippen LogP contribution in [0.5, 0.6) is 0 Å². The van der Waals surface area contributed by atoms with Crippen LogP contribution in [0.4, 0.5) is 17.2 Å². The first-order chi connectivity index (χ1) is 20.4. The zero-order valence-corrected chi connectivity index (χ0v) is 24.3. The van der Waals surface area contributed by atoms with Crippen LogP contribution in [0, 0.1) is 6.92 Å². The van der Waals surface area contributed by atoms with Crippen LogP contribution in [-0.2, 0) is 11.3 Å². The van der Waals surface area contributed by atoms with Crippen molar-refractivity contribution in [2.75, 3.05) is 36.9 Å². The van der Waals surface area contributed by atoms with E-state index in [-0.39, 0.29) is 5.91 Å². The molecule has 1 aliphatic rings.